The van der Waals surface area contributed by atoms with E-state index in [0.717, 1.165) is 46.5 Å². The van der Waals surface area contributed by atoms with E-state index in [1.54, 1.807) is 26.0 Å². The first kappa shape index (κ1) is 24.6. The minimum absolute atomic E-state index is 0.246. The maximum Gasteiger partial charge on any atom is 0.119 e. The molecule has 0 fully saturated rings. The van der Waals surface area contributed by atoms with Crippen LogP contribution in [0.15, 0.2) is 72.8 Å². The lowest BCUT2D eigenvalue weighted by molar-refractivity contribution is 0.0786. The largest absolute Gasteiger partial charge is 0.508 e. The molecule has 3 aromatic carbocycles. The van der Waals surface area contributed by atoms with Gasteiger partial charge in [0.15, 0.2) is 0 Å². The number of nitrogens with zero attached hydrogens (tertiary/aromatic N) is 1. The summed E-state index contributed by atoms with van der Waals surface area (Å²) in [6, 6.07) is 23.7. The molecule has 33 heavy (non-hydrogen) atoms. The molecule has 0 saturated carbocycles. The smallest absolute Gasteiger partial charge is 0.119 e. The number of hydrogen-bond donors (Lipinski definition) is 2. The lowest BCUT2D eigenvalue weighted by atomic mass is 9.87. The van der Waals surface area contributed by atoms with Crippen LogP contribution in [0.25, 0.3) is 11.1 Å². The monoisotopic (exact) mass is 445 g/mol. The second-order valence-corrected chi connectivity index (χ2v) is 9.07. The van der Waals surface area contributed by atoms with E-state index in [9.17, 15) is 10.2 Å². The molecule has 2 N–H and O–H groups in total. The number of hydrogen-bond acceptors (Lipinski definition) is 4. The van der Waals surface area contributed by atoms with Crippen molar-refractivity contribution in [2.75, 3.05) is 27.2 Å². The van der Waals surface area contributed by atoms with Gasteiger partial charge >= 0.3 is 0 Å². The van der Waals surface area contributed by atoms with Gasteiger partial charge in [-0.05, 0) is 92.0 Å². The molecule has 0 radical (unpaired) electrons. The maximum atomic E-state index is 10.3. The summed E-state index contributed by atoms with van der Waals surface area (Å²) in [5.41, 5.74) is 5.56. The predicted octanol–water partition coefficient (Wildman–Crippen LogP) is 5.93. The number of rotatable bonds is 9. The minimum atomic E-state index is -0.878. The fraction of sp³-hybridized carbons (Fsp3) is 0.310. The van der Waals surface area contributed by atoms with Gasteiger partial charge in [-0.25, -0.2) is 0 Å². The number of benzene rings is 3. The van der Waals surface area contributed by atoms with Gasteiger partial charge < -0.3 is 19.8 Å². The molecule has 0 aliphatic carbocycles. The van der Waals surface area contributed by atoms with Crippen LogP contribution in [0, 0.1) is 0 Å². The molecule has 3 rings (SSSR count). The van der Waals surface area contributed by atoms with E-state index in [0.29, 0.717) is 6.61 Å². The highest BCUT2D eigenvalue weighted by atomic mass is 16.5. The Hall–Kier alpha value is -3.08. The molecule has 0 unspecified atom stereocenters. The normalized spacial score (nSPS) is 12.6. The Morgan fingerprint density at radius 2 is 1.33 bits per heavy atom. The number of likely N-dealkylation sites (N-methyl/N-ethyl adjacent to an activating group) is 1. The summed E-state index contributed by atoms with van der Waals surface area (Å²) in [5, 5.41) is 20.2. The van der Waals surface area contributed by atoms with E-state index in [4.69, 9.17) is 4.74 Å². The Kier molecular flexibility index (Phi) is 7.96. The molecule has 0 amide bonds. The van der Waals surface area contributed by atoms with Crippen LogP contribution in [0.5, 0.6) is 11.5 Å². The average molecular weight is 446 g/mol. The predicted molar refractivity (Wildman–Crippen MR) is 136 cm³/mol. The van der Waals surface area contributed by atoms with Crippen molar-refractivity contribution in [1.29, 1.82) is 0 Å². The number of phenolic OH excluding ortho intramolecular Hbond substituents is 1. The van der Waals surface area contributed by atoms with Crippen LogP contribution in [-0.4, -0.2) is 42.4 Å². The number of allylic oxidation sites excluding steroid dienone is 1. The molecule has 0 saturated heterocycles. The second kappa shape index (κ2) is 10.7. The lowest BCUT2D eigenvalue weighted by Crippen LogP contribution is -2.19. The van der Waals surface area contributed by atoms with Gasteiger partial charge in [-0.3, -0.25) is 0 Å². The third-order valence-electron chi connectivity index (χ3n) is 5.70. The van der Waals surface area contributed by atoms with Gasteiger partial charge in [-0.1, -0.05) is 55.5 Å². The molecule has 0 aliphatic heterocycles. The third kappa shape index (κ3) is 6.47. The number of phenols is 1. The van der Waals surface area contributed by atoms with E-state index in [2.05, 4.69) is 36.1 Å². The minimum Gasteiger partial charge on any atom is -0.508 e. The van der Waals surface area contributed by atoms with E-state index < -0.39 is 5.60 Å². The fourth-order valence-electron chi connectivity index (χ4n) is 3.81. The van der Waals surface area contributed by atoms with Gasteiger partial charge in [-0.15, -0.1) is 0 Å². The van der Waals surface area contributed by atoms with Crippen LogP contribution >= 0.6 is 0 Å². The molecule has 3 aromatic rings. The Labute approximate surface area is 197 Å². The van der Waals surface area contributed by atoms with E-state index in [1.807, 2.05) is 50.5 Å². The summed E-state index contributed by atoms with van der Waals surface area (Å²) in [7, 11) is 4.06. The van der Waals surface area contributed by atoms with Crippen LogP contribution < -0.4 is 4.74 Å². The summed E-state index contributed by atoms with van der Waals surface area (Å²) in [4.78, 5) is 2.09. The van der Waals surface area contributed by atoms with Crippen molar-refractivity contribution in [2.45, 2.75) is 32.8 Å². The summed E-state index contributed by atoms with van der Waals surface area (Å²) in [5.74, 6) is 1.09. The SMILES string of the molecule is CC/C(=C(/c1ccc(O)cc1)c1ccc(OCCN(C)C)cc1)c1ccc(C(C)(C)O)cc1. The highest BCUT2D eigenvalue weighted by Gasteiger charge is 2.17. The topological polar surface area (TPSA) is 52.9 Å². The molecule has 0 atom stereocenters. The standard InChI is InChI=1S/C29H35NO3/c1-6-27(21-7-13-24(14-8-21)29(2,3)32)28(22-9-15-25(31)16-10-22)23-11-17-26(18-12-23)33-20-19-30(4)5/h7-18,31-32H,6,19-20H2,1-5H3/b28-27+. The van der Waals surface area contributed by atoms with E-state index >= 15 is 0 Å². The molecule has 4 nitrogen and oxygen atoms in total. The zero-order valence-electron chi connectivity index (χ0n) is 20.3. The van der Waals surface area contributed by atoms with Crippen molar-refractivity contribution in [3.63, 3.8) is 0 Å². The first-order chi connectivity index (χ1) is 15.7. The summed E-state index contributed by atoms with van der Waals surface area (Å²) in [6.45, 7) is 7.24. The lowest BCUT2D eigenvalue weighted by Gasteiger charge is -2.20. The van der Waals surface area contributed by atoms with E-state index in [-0.39, 0.29) is 5.75 Å². The summed E-state index contributed by atoms with van der Waals surface area (Å²) in [6.07, 6.45) is 0.833. The zero-order chi connectivity index (χ0) is 24.0. The molecule has 174 valence electrons. The fourth-order valence-corrected chi connectivity index (χ4v) is 3.81. The highest BCUT2D eigenvalue weighted by Crippen LogP contribution is 2.36. The van der Waals surface area contributed by atoms with Crippen molar-refractivity contribution in [3.8, 4) is 11.5 Å². The number of aliphatic hydroxyl groups is 1. The molecular weight excluding hydrogens is 410 g/mol. The Bertz CT molecular complexity index is 1060. The molecule has 0 aromatic heterocycles. The van der Waals surface area contributed by atoms with Crippen molar-refractivity contribution < 1.29 is 14.9 Å². The van der Waals surface area contributed by atoms with E-state index in [1.165, 1.54) is 5.57 Å². The van der Waals surface area contributed by atoms with Crippen LogP contribution in [0.3, 0.4) is 0 Å². The quantitative estimate of drug-likeness (QED) is 0.401. The van der Waals surface area contributed by atoms with Crippen LogP contribution in [0.4, 0.5) is 0 Å². The van der Waals surface area contributed by atoms with Crippen LogP contribution in [0.1, 0.15) is 49.4 Å². The summed E-state index contributed by atoms with van der Waals surface area (Å²) < 4.78 is 5.87. The highest BCUT2D eigenvalue weighted by molar-refractivity contribution is 5.98. The van der Waals surface area contributed by atoms with Crippen molar-refractivity contribution in [2.24, 2.45) is 0 Å². The van der Waals surface area contributed by atoms with Crippen molar-refractivity contribution >= 4 is 11.1 Å². The molecule has 0 heterocycles. The van der Waals surface area contributed by atoms with Gasteiger partial charge in [0.2, 0.25) is 0 Å². The van der Waals surface area contributed by atoms with Crippen LogP contribution in [-0.2, 0) is 5.60 Å². The van der Waals surface area contributed by atoms with Gasteiger partial charge in [0, 0.05) is 6.54 Å². The average Bonchev–Trinajstić information content (AvgIpc) is 2.78. The van der Waals surface area contributed by atoms with Crippen molar-refractivity contribution in [3.05, 3.63) is 95.1 Å². The van der Waals surface area contributed by atoms with Crippen LogP contribution in [0.2, 0.25) is 0 Å². The van der Waals surface area contributed by atoms with Gasteiger partial charge in [0.1, 0.15) is 18.1 Å². The Morgan fingerprint density at radius 1 is 0.818 bits per heavy atom. The van der Waals surface area contributed by atoms with Gasteiger partial charge in [0.25, 0.3) is 0 Å². The molecule has 0 spiro atoms. The molecule has 4 heteroatoms. The van der Waals surface area contributed by atoms with Gasteiger partial charge in [-0.2, -0.15) is 0 Å². The number of aromatic hydroxyl groups is 1. The Morgan fingerprint density at radius 3 is 1.82 bits per heavy atom. The molecular formula is C29H35NO3. The Balaban J connectivity index is 2.05. The maximum absolute atomic E-state index is 10.3. The van der Waals surface area contributed by atoms with Gasteiger partial charge in [0.05, 0.1) is 5.60 Å². The zero-order valence-corrected chi connectivity index (χ0v) is 20.3. The summed E-state index contributed by atoms with van der Waals surface area (Å²) >= 11 is 0. The van der Waals surface area contributed by atoms with Crippen molar-refractivity contribution in [1.82, 2.24) is 4.90 Å². The first-order valence-corrected chi connectivity index (χ1v) is 11.4. The number of ether oxygens (including phenoxy) is 1. The second-order valence-electron chi connectivity index (χ2n) is 9.07. The molecule has 0 bridgehead atoms. The third-order valence-corrected chi connectivity index (χ3v) is 5.70. The molecule has 0 aliphatic rings. The first-order valence-electron chi connectivity index (χ1n) is 11.4.